The van der Waals surface area contributed by atoms with Crippen molar-refractivity contribution in [1.29, 1.82) is 0 Å². The van der Waals surface area contributed by atoms with Gasteiger partial charge in [-0.15, -0.1) is 0 Å². The van der Waals surface area contributed by atoms with Gasteiger partial charge in [-0.05, 0) is 84.0 Å². The predicted molar refractivity (Wildman–Crippen MR) is 238 cm³/mol. The molecule has 55 heavy (non-hydrogen) atoms. The van der Waals surface area contributed by atoms with Crippen LogP contribution in [-0.2, 0) is 5.41 Å². The molecule has 0 N–H and O–H groups in total. The fourth-order valence-corrected chi connectivity index (χ4v) is 9.06. The predicted octanol–water partition coefficient (Wildman–Crippen LogP) is 14.4. The first kappa shape index (κ1) is 34.6. The Morgan fingerprint density at radius 3 is 2.20 bits per heavy atom. The molecule has 2 aromatic heterocycles. The maximum Gasteiger partial charge on any atom is 0.145 e. The van der Waals surface area contributed by atoms with Gasteiger partial charge in [-0.25, -0.2) is 4.98 Å². The van der Waals surface area contributed by atoms with E-state index in [0.29, 0.717) is 0 Å². The van der Waals surface area contributed by atoms with Crippen LogP contribution in [0.3, 0.4) is 0 Å². The van der Waals surface area contributed by atoms with Crippen molar-refractivity contribution in [3.8, 4) is 5.69 Å². The highest BCUT2D eigenvalue weighted by atomic mass is 15.1. The monoisotopic (exact) mass is 713 g/mol. The van der Waals surface area contributed by atoms with Gasteiger partial charge >= 0.3 is 0 Å². The molecule has 1 aliphatic carbocycles. The van der Waals surface area contributed by atoms with Gasteiger partial charge in [0.2, 0.25) is 0 Å². The lowest BCUT2D eigenvalue weighted by Gasteiger charge is -2.35. The zero-order valence-corrected chi connectivity index (χ0v) is 32.5. The Hall–Kier alpha value is -6.19. The summed E-state index contributed by atoms with van der Waals surface area (Å²) in [6, 6.07) is 40.1. The molecule has 0 fully saturated rings. The van der Waals surface area contributed by atoms with Gasteiger partial charge in [0.1, 0.15) is 5.82 Å². The van der Waals surface area contributed by atoms with E-state index in [9.17, 15) is 0 Å². The van der Waals surface area contributed by atoms with Crippen LogP contribution >= 0.6 is 0 Å². The lowest BCUT2D eigenvalue weighted by molar-refractivity contribution is 0.630. The molecule has 0 saturated heterocycles. The minimum absolute atomic E-state index is 0.147. The third-order valence-electron chi connectivity index (χ3n) is 11.5. The number of imidazole rings is 1. The number of aromatic nitrogens is 3. The molecule has 1 aliphatic heterocycles. The summed E-state index contributed by atoms with van der Waals surface area (Å²) in [6.45, 7) is 10.8. The number of nitrogens with zero attached hydrogens (tertiary/aromatic N) is 3. The molecule has 10 rings (SSSR count). The Balaban J connectivity index is 0.00000195. The molecule has 3 heteroatoms. The van der Waals surface area contributed by atoms with Gasteiger partial charge in [0.15, 0.2) is 0 Å². The van der Waals surface area contributed by atoms with E-state index in [1.54, 1.807) is 0 Å². The largest absolute Gasteiger partial charge is 0.309 e. The summed E-state index contributed by atoms with van der Waals surface area (Å²) in [5, 5.41) is 7.50. The summed E-state index contributed by atoms with van der Waals surface area (Å²) in [5.74, 6) is 0.970. The van der Waals surface area contributed by atoms with Crippen molar-refractivity contribution in [3.05, 3.63) is 174 Å². The molecule has 0 saturated carbocycles. The fourth-order valence-electron chi connectivity index (χ4n) is 9.06. The van der Waals surface area contributed by atoms with Crippen molar-refractivity contribution in [2.75, 3.05) is 0 Å². The second kappa shape index (κ2) is 13.9. The number of allylic oxidation sites excluding steroid dienone is 9. The van der Waals surface area contributed by atoms with E-state index in [2.05, 4.69) is 188 Å². The summed E-state index contributed by atoms with van der Waals surface area (Å²) in [5.41, 5.74) is 12.2. The van der Waals surface area contributed by atoms with Crippen molar-refractivity contribution in [1.82, 2.24) is 14.1 Å². The molecule has 3 heterocycles. The summed E-state index contributed by atoms with van der Waals surface area (Å²) in [6.07, 6.45) is 21.0. The summed E-state index contributed by atoms with van der Waals surface area (Å²) in [4.78, 5) is 5.54. The summed E-state index contributed by atoms with van der Waals surface area (Å²) < 4.78 is 4.93. The molecular formula is C52H47N3. The van der Waals surface area contributed by atoms with Crippen LogP contribution < -0.4 is 0 Å². The van der Waals surface area contributed by atoms with Gasteiger partial charge in [0.05, 0.1) is 27.8 Å². The molecule has 0 radical (unpaired) electrons. The molecule has 0 spiro atoms. The van der Waals surface area contributed by atoms with E-state index in [0.717, 1.165) is 36.2 Å². The third-order valence-corrected chi connectivity index (χ3v) is 11.5. The van der Waals surface area contributed by atoms with Crippen LogP contribution in [0.15, 0.2) is 152 Å². The van der Waals surface area contributed by atoms with Gasteiger partial charge in [-0.2, -0.15) is 0 Å². The maximum absolute atomic E-state index is 5.54. The van der Waals surface area contributed by atoms with Crippen LogP contribution in [0.1, 0.15) is 76.4 Å². The average molecular weight is 714 g/mol. The molecule has 2 aliphatic rings. The number of fused-ring (bicyclic) bond motifs is 11. The van der Waals surface area contributed by atoms with Crippen molar-refractivity contribution < 1.29 is 0 Å². The Bertz CT molecular complexity index is 2950. The SMILES string of the molecule is CC.C\C=C/C(=C\C=C\c1cc2c3c(c1)c1ccccc1n3-c1ccccc1C2(C)C)c1nc2c3ccccc3c3ccccc3c2n1C1=CC=CCCC1. The standard InChI is InChI=1S/C50H41N3.C2H6/c1-4-18-34(49-51-46-39-26-11-9-23-36(39)37-24-10-12-27-40(37)48(46)52(49)35-21-7-5-6-8-22-35)20-17-19-33-31-41-38-25-13-15-29-44(38)53-45-30-16-14-28-42(45)50(2,3)43(32-33)47(41)53;1-2/h4-5,7,9-21,23-32H,6,8,22H2,1-3H3;1-2H3/b18-4-,19-17+,34-20+;. The second-order valence-electron chi connectivity index (χ2n) is 15.0. The van der Waals surface area contributed by atoms with Gasteiger partial charge in [0, 0.05) is 38.2 Å². The Kier molecular flexibility index (Phi) is 8.74. The fraction of sp³-hybridized carbons (Fsp3) is 0.173. The molecular weight excluding hydrogens is 667 g/mol. The number of benzene rings is 6. The number of para-hydroxylation sites is 2. The summed E-state index contributed by atoms with van der Waals surface area (Å²) in [7, 11) is 0. The lowest BCUT2D eigenvalue weighted by atomic mass is 9.74. The summed E-state index contributed by atoms with van der Waals surface area (Å²) >= 11 is 0. The van der Waals surface area contributed by atoms with Crippen LogP contribution in [0, 0.1) is 0 Å². The Morgan fingerprint density at radius 2 is 1.40 bits per heavy atom. The van der Waals surface area contributed by atoms with Gasteiger partial charge in [-0.3, -0.25) is 4.57 Å². The molecule has 0 bridgehead atoms. The number of hydrogen-bond donors (Lipinski definition) is 0. The smallest absolute Gasteiger partial charge is 0.145 e. The minimum Gasteiger partial charge on any atom is -0.309 e. The number of hydrogen-bond acceptors (Lipinski definition) is 1. The van der Waals surface area contributed by atoms with Crippen LogP contribution in [-0.4, -0.2) is 14.1 Å². The van der Waals surface area contributed by atoms with E-state index in [1.807, 2.05) is 13.8 Å². The molecule has 3 nitrogen and oxygen atoms in total. The highest BCUT2D eigenvalue weighted by Gasteiger charge is 2.35. The van der Waals surface area contributed by atoms with Gasteiger partial charge in [-0.1, -0.05) is 155 Å². The van der Waals surface area contributed by atoms with E-state index in [4.69, 9.17) is 4.98 Å². The molecule has 6 aromatic carbocycles. The van der Waals surface area contributed by atoms with E-state index in [-0.39, 0.29) is 5.41 Å². The van der Waals surface area contributed by atoms with Crippen molar-refractivity contribution in [2.24, 2.45) is 0 Å². The van der Waals surface area contributed by atoms with E-state index in [1.165, 1.54) is 76.9 Å². The minimum atomic E-state index is -0.147. The van der Waals surface area contributed by atoms with Crippen LogP contribution in [0.4, 0.5) is 0 Å². The Labute approximate surface area is 323 Å². The molecule has 0 unspecified atom stereocenters. The molecule has 0 amide bonds. The molecule has 8 aromatic rings. The molecule has 270 valence electrons. The van der Waals surface area contributed by atoms with Crippen LogP contribution in [0.5, 0.6) is 0 Å². The normalized spacial score (nSPS) is 15.3. The topological polar surface area (TPSA) is 22.8 Å². The van der Waals surface area contributed by atoms with Crippen molar-refractivity contribution in [3.63, 3.8) is 0 Å². The second-order valence-corrected chi connectivity index (χ2v) is 15.0. The Morgan fingerprint density at radius 1 is 0.709 bits per heavy atom. The zero-order valence-electron chi connectivity index (χ0n) is 32.5. The van der Waals surface area contributed by atoms with Crippen LogP contribution in [0.25, 0.3) is 77.4 Å². The van der Waals surface area contributed by atoms with Crippen molar-refractivity contribution >= 4 is 71.7 Å². The third kappa shape index (κ3) is 5.44. The van der Waals surface area contributed by atoms with E-state index < -0.39 is 0 Å². The zero-order chi connectivity index (χ0) is 37.7. The molecule has 0 atom stereocenters. The van der Waals surface area contributed by atoms with E-state index >= 15 is 0 Å². The number of rotatable bonds is 5. The van der Waals surface area contributed by atoms with Crippen molar-refractivity contribution in [2.45, 2.75) is 59.3 Å². The highest BCUT2D eigenvalue weighted by Crippen LogP contribution is 2.48. The lowest BCUT2D eigenvalue weighted by Crippen LogP contribution is -2.26. The highest BCUT2D eigenvalue weighted by molar-refractivity contribution is 6.24. The van der Waals surface area contributed by atoms with Crippen LogP contribution in [0.2, 0.25) is 0 Å². The van der Waals surface area contributed by atoms with Gasteiger partial charge in [0.25, 0.3) is 0 Å². The average Bonchev–Trinajstić information content (AvgIpc) is 3.66. The first-order valence-electron chi connectivity index (χ1n) is 19.9. The quantitative estimate of drug-likeness (QED) is 0.129. The maximum atomic E-state index is 5.54. The van der Waals surface area contributed by atoms with Gasteiger partial charge < -0.3 is 4.57 Å². The first-order valence-corrected chi connectivity index (χ1v) is 19.9. The first-order chi connectivity index (χ1) is 27.0.